The maximum absolute atomic E-state index is 5.82. The summed E-state index contributed by atoms with van der Waals surface area (Å²) in [6.07, 6.45) is 7.48. The van der Waals surface area contributed by atoms with Gasteiger partial charge in [0.1, 0.15) is 11.8 Å². The summed E-state index contributed by atoms with van der Waals surface area (Å²) < 4.78 is 13.7. The first-order chi connectivity index (χ1) is 12.7. The zero-order valence-corrected chi connectivity index (χ0v) is 15.2. The Balaban J connectivity index is 1.46. The molecule has 0 saturated carbocycles. The number of anilines is 1. The highest BCUT2D eigenvalue weighted by molar-refractivity contribution is 5.89. The van der Waals surface area contributed by atoms with Crippen molar-refractivity contribution >= 4 is 22.4 Å². The first-order valence-corrected chi connectivity index (χ1v) is 9.30. The number of nitrogens with zero attached hydrogens (tertiary/aromatic N) is 5. The minimum Gasteiger partial charge on any atom is -0.370 e. The molecule has 0 bridgehead atoms. The number of rotatable bonds is 2. The summed E-state index contributed by atoms with van der Waals surface area (Å²) in [5, 5.41) is 0. The van der Waals surface area contributed by atoms with E-state index in [1.54, 1.807) is 0 Å². The molecule has 5 heterocycles. The van der Waals surface area contributed by atoms with Crippen LogP contribution in [0.1, 0.15) is 38.3 Å². The van der Waals surface area contributed by atoms with Gasteiger partial charge < -0.3 is 14.4 Å². The Morgan fingerprint density at radius 3 is 2.54 bits per heavy atom. The van der Waals surface area contributed by atoms with Crippen molar-refractivity contribution in [2.24, 2.45) is 0 Å². The van der Waals surface area contributed by atoms with Gasteiger partial charge in [-0.25, -0.2) is 15.0 Å². The molecule has 0 aromatic carbocycles. The van der Waals surface area contributed by atoms with Crippen molar-refractivity contribution in [3.05, 3.63) is 30.5 Å². The van der Waals surface area contributed by atoms with Crippen LogP contribution in [0, 0.1) is 0 Å². The zero-order chi connectivity index (χ0) is 17.7. The second-order valence-corrected chi connectivity index (χ2v) is 7.43. The van der Waals surface area contributed by atoms with Crippen LogP contribution in [0.25, 0.3) is 16.7 Å². The van der Waals surface area contributed by atoms with Gasteiger partial charge in [0.2, 0.25) is 0 Å². The highest BCUT2D eigenvalue weighted by Gasteiger charge is 2.39. The fourth-order valence-corrected chi connectivity index (χ4v) is 4.00. The van der Waals surface area contributed by atoms with Gasteiger partial charge >= 0.3 is 0 Å². The molecule has 1 spiro atoms. The van der Waals surface area contributed by atoms with Crippen LogP contribution in [-0.4, -0.2) is 51.4 Å². The van der Waals surface area contributed by atoms with Crippen LogP contribution in [0.3, 0.4) is 0 Å². The number of hydrogen-bond donors (Lipinski definition) is 0. The Labute approximate surface area is 152 Å². The summed E-state index contributed by atoms with van der Waals surface area (Å²) in [7, 11) is 0. The third-order valence-electron chi connectivity index (χ3n) is 5.50. The average molecular weight is 353 g/mol. The molecule has 0 aliphatic carbocycles. The molecular formula is C19H23N5O2. The third kappa shape index (κ3) is 2.46. The van der Waals surface area contributed by atoms with Crippen molar-refractivity contribution in [1.82, 2.24) is 19.4 Å². The molecule has 26 heavy (non-hydrogen) atoms. The van der Waals surface area contributed by atoms with E-state index in [9.17, 15) is 0 Å². The molecule has 2 aliphatic heterocycles. The molecule has 3 aromatic heterocycles. The van der Waals surface area contributed by atoms with E-state index in [-0.39, 0.29) is 5.79 Å². The quantitative estimate of drug-likeness (QED) is 0.706. The Morgan fingerprint density at radius 2 is 1.81 bits per heavy atom. The van der Waals surface area contributed by atoms with Gasteiger partial charge in [0.05, 0.1) is 30.6 Å². The fourth-order valence-electron chi connectivity index (χ4n) is 4.00. The van der Waals surface area contributed by atoms with Gasteiger partial charge in [-0.15, -0.1) is 0 Å². The number of piperidine rings is 1. The lowest BCUT2D eigenvalue weighted by Gasteiger charge is -2.38. The van der Waals surface area contributed by atoms with Crippen molar-refractivity contribution in [3.8, 4) is 0 Å². The summed E-state index contributed by atoms with van der Waals surface area (Å²) in [6, 6.07) is 2.11. The van der Waals surface area contributed by atoms with Crippen LogP contribution >= 0.6 is 0 Å². The van der Waals surface area contributed by atoms with Crippen molar-refractivity contribution < 1.29 is 9.47 Å². The molecule has 0 unspecified atom stereocenters. The molecule has 0 N–H and O–H groups in total. The van der Waals surface area contributed by atoms with Gasteiger partial charge in [-0.3, -0.25) is 4.40 Å². The minimum atomic E-state index is -0.353. The summed E-state index contributed by atoms with van der Waals surface area (Å²) in [4.78, 5) is 16.2. The van der Waals surface area contributed by atoms with Crippen molar-refractivity contribution in [1.29, 1.82) is 0 Å². The molecule has 3 aromatic rings. The van der Waals surface area contributed by atoms with E-state index in [4.69, 9.17) is 14.5 Å². The van der Waals surface area contributed by atoms with Crippen LogP contribution < -0.4 is 4.90 Å². The topological polar surface area (TPSA) is 64.8 Å². The van der Waals surface area contributed by atoms with Crippen LogP contribution in [0.15, 0.2) is 24.8 Å². The van der Waals surface area contributed by atoms with E-state index in [1.165, 1.54) is 0 Å². The van der Waals surface area contributed by atoms with Crippen LogP contribution in [-0.2, 0) is 9.47 Å². The van der Waals surface area contributed by atoms with Crippen LogP contribution in [0.4, 0.5) is 5.69 Å². The maximum Gasteiger partial charge on any atom is 0.171 e. The molecule has 2 saturated heterocycles. The predicted octanol–water partition coefficient (Wildman–Crippen LogP) is 2.74. The fraction of sp³-hybridized carbons (Fsp3) is 0.526. The van der Waals surface area contributed by atoms with Gasteiger partial charge in [0, 0.05) is 37.8 Å². The number of imidazole rings is 1. The van der Waals surface area contributed by atoms with E-state index in [0.29, 0.717) is 19.1 Å². The second-order valence-electron chi connectivity index (χ2n) is 7.43. The summed E-state index contributed by atoms with van der Waals surface area (Å²) in [5.74, 6) is 0.0399. The van der Waals surface area contributed by atoms with Crippen molar-refractivity contribution in [2.45, 2.75) is 38.4 Å². The zero-order valence-electron chi connectivity index (χ0n) is 15.2. The molecule has 5 rings (SSSR count). The monoisotopic (exact) mass is 353 g/mol. The smallest absolute Gasteiger partial charge is 0.171 e. The van der Waals surface area contributed by atoms with Crippen LogP contribution in [0.5, 0.6) is 0 Å². The van der Waals surface area contributed by atoms with Crippen molar-refractivity contribution in [3.63, 3.8) is 0 Å². The number of hydrogen-bond acceptors (Lipinski definition) is 6. The van der Waals surface area contributed by atoms with Gasteiger partial charge in [0.25, 0.3) is 0 Å². The lowest BCUT2D eigenvalue weighted by Crippen LogP contribution is -2.45. The summed E-state index contributed by atoms with van der Waals surface area (Å²) >= 11 is 0. The van der Waals surface area contributed by atoms with Crippen molar-refractivity contribution in [2.75, 3.05) is 31.2 Å². The molecule has 0 radical (unpaired) electrons. The maximum atomic E-state index is 5.82. The van der Waals surface area contributed by atoms with Gasteiger partial charge in [-0.2, -0.15) is 0 Å². The Bertz CT molecular complexity index is 951. The molecule has 7 nitrogen and oxygen atoms in total. The standard InChI is InChI=1S/C19H23N5O2/c1-13(2)16-11-21-18-17-15(22-12-24(16)18)9-14(10-20-17)23-5-3-19(4-6-23)25-7-8-26-19/h9-13H,3-8H2,1-2H3. The molecule has 0 amide bonds. The molecule has 7 heteroatoms. The van der Waals surface area contributed by atoms with E-state index in [1.807, 2.05) is 23.1 Å². The van der Waals surface area contributed by atoms with Crippen LogP contribution in [0.2, 0.25) is 0 Å². The highest BCUT2D eigenvalue weighted by atomic mass is 16.7. The second kappa shape index (κ2) is 5.89. The van der Waals surface area contributed by atoms with Gasteiger partial charge in [-0.05, 0) is 12.0 Å². The summed E-state index contributed by atoms with van der Waals surface area (Å²) in [5.41, 5.74) is 4.84. The van der Waals surface area contributed by atoms with E-state index >= 15 is 0 Å². The van der Waals surface area contributed by atoms with E-state index in [0.717, 1.165) is 54.0 Å². The number of pyridine rings is 1. The Hall–Kier alpha value is -2.25. The number of ether oxygens (including phenoxy) is 2. The molecule has 2 fully saturated rings. The summed E-state index contributed by atoms with van der Waals surface area (Å²) in [6.45, 7) is 7.53. The van der Waals surface area contributed by atoms with Gasteiger partial charge in [0.15, 0.2) is 11.4 Å². The largest absolute Gasteiger partial charge is 0.370 e. The average Bonchev–Trinajstić information content (AvgIpc) is 3.29. The minimum absolute atomic E-state index is 0.353. The third-order valence-corrected chi connectivity index (χ3v) is 5.50. The predicted molar refractivity (Wildman–Crippen MR) is 98.5 cm³/mol. The number of aromatic nitrogens is 4. The first-order valence-electron chi connectivity index (χ1n) is 9.30. The Kier molecular flexibility index (Phi) is 3.62. The molecule has 136 valence electrons. The Morgan fingerprint density at radius 1 is 1.04 bits per heavy atom. The molecule has 0 atom stereocenters. The lowest BCUT2D eigenvalue weighted by molar-refractivity contribution is -0.169. The first kappa shape index (κ1) is 16.0. The molecule has 2 aliphatic rings. The molecular weight excluding hydrogens is 330 g/mol. The van der Waals surface area contributed by atoms with Gasteiger partial charge in [-0.1, -0.05) is 13.8 Å². The van der Waals surface area contributed by atoms with E-state index < -0.39 is 0 Å². The van der Waals surface area contributed by atoms with E-state index in [2.05, 4.69) is 34.8 Å². The SMILES string of the molecule is CC(C)c1cnc2c3ncc(N4CCC5(CC4)OCCO5)cc3ncn12. The highest BCUT2D eigenvalue weighted by Crippen LogP contribution is 2.33. The number of fused-ring (bicyclic) bond motifs is 3. The normalized spacial score (nSPS) is 20.0. The lowest BCUT2D eigenvalue weighted by atomic mass is 10.0.